The van der Waals surface area contributed by atoms with Crippen molar-refractivity contribution in [2.24, 2.45) is 0 Å². The van der Waals surface area contributed by atoms with Gasteiger partial charge in [-0.1, -0.05) is 73.5 Å². The van der Waals surface area contributed by atoms with E-state index < -0.39 is 23.8 Å². The zero-order chi connectivity index (χ0) is 28.1. The fraction of sp³-hybridized carbons (Fsp3) is 0.500. The number of nitrogens with zero attached hydrogens (tertiary/aromatic N) is 1. The molecule has 208 valence electrons. The topological polar surface area (TPSA) is 87.7 Å². The number of rotatable bonds is 13. The van der Waals surface area contributed by atoms with Gasteiger partial charge in [0.2, 0.25) is 11.8 Å². The van der Waals surface area contributed by atoms with Crippen LogP contribution in [0.25, 0.3) is 0 Å². The van der Waals surface area contributed by atoms with E-state index in [1.54, 1.807) is 37.4 Å². The maximum atomic E-state index is 14.1. The molecular weight excluding hydrogens is 498 g/mol. The number of hydrogen-bond donors (Lipinski definition) is 2. The van der Waals surface area contributed by atoms with Gasteiger partial charge in [-0.25, -0.2) is 4.79 Å². The molecule has 0 spiro atoms. The van der Waals surface area contributed by atoms with Crippen LogP contribution in [0.1, 0.15) is 69.7 Å². The van der Waals surface area contributed by atoms with E-state index in [1.807, 2.05) is 74.7 Å². The molecule has 0 aromatic heterocycles. The number of amides is 3. The van der Waals surface area contributed by atoms with Crippen LogP contribution >= 0.6 is 11.8 Å². The molecule has 7 nitrogen and oxygen atoms in total. The van der Waals surface area contributed by atoms with E-state index in [1.165, 1.54) is 0 Å². The van der Waals surface area contributed by atoms with E-state index in [4.69, 9.17) is 4.74 Å². The molecule has 0 heterocycles. The Morgan fingerprint density at radius 1 is 1.05 bits per heavy atom. The van der Waals surface area contributed by atoms with E-state index in [9.17, 15) is 14.4 Å². The van der Waals surface area contributed by atoms with Gasteiger partial charge < -0.3 is 20.3 Å². The van der Waals surface area contributed by atoms with Gasteiger partial charge in [-0.15, -0.1) is 0 Å². The first-order valence-corrected chi connectivity index (χ1v) is 14.6. The van der Waals surface area contributed by atoms with Gasteiger partial charge in [-0.3, -0.25) is 9.59 Å². The third-order valence-corrected chi connectivity index (χ3v) is 6.51. The monoisotopic (exact) mass is 541 g/mol. The summed E-state index contributed by atoms with van der Waals surface area (Å²) in [5, 5.41) is 5.82. The van der Waals surface area contributed by atoms with E-state index in [0.717, 1.165) is 29.5 Å². The van der Waals surface area contributed by atoms with Crippen molar-refractivity contribution >= 4 is 29.7 Å². The maximum absolute atomic E-state index is 14.1. The quantitative estimate of drug-likeness (QED) is 0.343. The van der Waals surface area contributed by atoms with Gasteiger partial charge in [0.1, 0.15) is 17.7 Å². The van der Waals surface area contributed by atoms with Crippen molar-refractivity contribution in [1.29, 1.82) is 0 Å². The van der Waals surface area contributed by atoms with Crippen LogP contribution in [-0.4, -0.2) is 53.0 Å². The third-order valence-electron chi connectivity index (χ3n) is 5.86. The third kappa shape index (κ3) is 10.4. The largest absolute Gasteiger partial charge is 0.444 e. The summed E-state index contributed by atoms with van der Waals surface area (Å²) >= 11 is 1.59. The Bertz CT molecular complexity index is 1040. The Kier molecular flexibility index (Phi) is 12.7. The average molecular weight is 542 g/mol. The van der Waals surface area contributed by atoms with Crippen LogP contribution in [0.15, 0.2) is 54.6 Å². The second-order valence-corrected chi connectivity index (χ2v) is 11.4. The first-order valence-electron chi connectivity index (χ1n) is 13.2. The van der Waals surface area contributed by atoms with Gasteiger partial charge in [0.25, 0.3) is 0 Å². The Hall–Kier alpha value is -3.00. The van der Waals surface area contributed by atoms with Crippen molar-refractivity contribution in [2.45, 2.75) is 78.1 Å². The van der Waals surface area contributed by atoms with E-state index >= 15 is 0 Å². The summed E-state index contributed by atoms with van der Waals surface area (Å²) in [6.45, 7) is 10.1. The second-order valence-electron chi connectivity index (χ2n) is 10.4. The molecular formula is C30H43N3O4S. The highest BCUT2D eigenvalue weighted by molar-refractivity contribution is 7.98. The summed E-state index contributed by atoms with van der Waals surface area (Å²) in [7, 11) is 0. The molecule has 2 unspecified atom stereocenters. The SMILES string of the molecule is CCCCN(C(=O)C(CCSC)NC(=O)OC(C)(C)C)C(C(=O)NCc1ccccc1)c1cccc(C)c1. The Labute approximate surface area is 232 Å². The number of carbonyl (C=O) groups excluding carboxylic acids is 3. The van der Waals surface area contributed by atoms with E-state index in [-0.39, 0.29) is 11.8 Å². The number of benzene rings is 2. The van der Waals surface area contributed by atoms with Gasteiger partial charge in [0.15, 0.2) is 0 Å². The molecule has 8 heteroatoms. The zero-order valence-electron chi connectivity index (χ0n) is 23.6. The van der Waals surface area contributed by atoms with Crippen LogP contribution in [0.4, 0.5) is 4.79 Å². The summed E-state index contributed by atoms with van der Waals surface area (Å²) in [5.74, 6) is 0.118. The van der Waals surface area contributed by atoms with Crippen molar-refractivity contribution in [3.8, 4) is 0 Å². The van der Waals surface area contributed by atoms with Gasteiger partial charge in [0, 0.05) is 13.1 Å². The molecule has 2 N–H and O–H groups in total. The number of nitrogens with one attached hydrogen (secondary N) is 2. The summed E-state index contributed by atoms with van der Waals surface area (Å²) < 4.78 is 5.45. The molecule has 38 heavy (non-hydrogen) atoms. The van der Waals surface area contributed by atoms with Crippen molar-refractivity contribution in [3.63, 3.8) is 0 Å². The molecule has 2 aromatic carbocycles. The van der Waals surface area contributed by atoms with Crippen LogP contribution in [-0.2, 0) is 20.9 Å². The molecule has 2 rings (SSSR count). The number of thioether (sulfide) groups is 1. The highest BCUT2D eigenvalue weighted by atomic mass is 32.2. The van der Waals surface area contributed by atoms with Crippen molar-refractivity contribution in [3.05, 3.63) is 71.3 Å². The van der Waals surface area contributed by atoms with E-state index in [2.05, 4.69) is 10.6 Å². The summed E-state index contributed by atoms with van der Waals surface area (Å²) in [6, 6.07) is 15.7. The molecule has 0 bridgehead atoms. The van der Waals surface area contributed by atoms with Crippen molar-refractivity contribution in [2.75, 3.05) is 18.6 Å². The van der Waals surface area contributed by atoms with Gasteiger partial charge in [-0.2, -0.15) is 11.8 Å². The summed E-state index contributed by atoms with van der Waals surface area (Å²) in [6.07, 6.45) is 3.31. The molecule has 0 aliphatic carbocycles. The van der Waals surface area contributed by atoms with Crippen LogP contribution in [0, 0.1) is 6.92 Å². The van der Waals surface area contributed by atoms with Crippen molar-refractivity contribution < 1.29 is 19.1 Å². The molecule has 3 amide bonds. The fourth-order valence-electron chi connectivity index (χ4n) is 4.03. The Balaban J connectivity index is 2.43. The van der Waals surface area contributed by atoms with Gasteiger partial charge >= 0.3 is 6.09 Å². The first-order chi connectivity index (χ1) is 18.1. The molecule has 2 atom stereocenters. The molecule has 2 aromatic rings. The lowest BCUT2D eigenvalue weighted by Crippen LogP contribution is -2.53. The minimum atomic E-state index is -0.838. The number of hydrogen-bond acceptors (Lipinski definition) is 5. The average Bonchev–Trinajstić information content (AvgIpc) is 2.86. The lowest BCUT2D eigenvalue weighted by atomic mass is 10.00. The molecule has 0 saturated heterocycles. The summed E-state index contributed by atoms with van der Waals surface area (Å²) in [5.41, 5.74) is 2.01. The predicted octanol–water partition coefficient (Wildman–Crippen LogP) is 5.63. The molecule has 0 radical (unpaired) electrons. The van der Waals surface area contributed by atoms with Crippen molar-refractivity contribution in [1.82, 2.24) is 15.5 Å². The number of aryl methyl sites for hydroxylation is 1. The highest BCUT2D eigenvalue weighted by Crippen LogP contribution is 2.25. The lowest BCUT2D eigenvalue weighted by molar-refractivity contribution is -0.142. The molecule has 0 aliphatic heterocycles. The van der Waals surface area contributed by atoms with Gasteiger partial charge in [-0.05, 0) is 63.7 Å². The lowest BCUT2D eigenvalue weighted by Gasteiger charge is -2.34. The van der Waals surface area contributed by atoms with E-state index in [0.29, 0.717) is 25.3 Å². The number of carbonyl (C=O) groups is 3. The molecule has 0 saturated carbocycles. The minimum Gasteiger partial charge on any atom is -0.444 e. The molecule has 0 fully saturated rings. The Morgan fingerprint density at radius 3 is 2.37 bits per heavy atom. The van der Waals surface area contributed by atoms with Crippen LogP contribution in [0.2, 0.25) is 0 Å². The smallest absolute Gasteiger partial charge is 0.408 e. The first kappa shape index (κ1) is 31.2. The zero-order valence-corrected chi connectivity index (χ0v) is 24.4. The summed E-state index contributed by atoms with van der Waals surface area (Å²) in [4.78, 5) is 42.2. The van der Waals surface area contributed by atoms with Crippen LogP contribution < -0.4 is 10.6 Å². The van der Waals surface area contributed by atoms with Crippen LogP contribution in [0.5, 0.6) is 0 Å². The number of unbranched alkanes of at least 4 members (excludes halogenated alkanes) is 1. The predicted molar refractivity (Wildman–Crippen MR) is 155 cm³/mol. The minimum absolute atomic E-state index is 0.259. The van der Waals surface area contributed by atoms with Crippen LogP contribution in [0.3, 0.4) is 0 Å². The maximum Gasteiger partial charge on any atom is 0.408 e. The number of alkyl carbamates (subject to hydrolysis) is 1. The second kappa shape index (κ2) is 15.4. The normalized spacial score (nSPS) is 12.8. The fourth-order valence-corrected chi connectivity index (χ4v) is 4.50. The highest BCUT2D eigenvalue weighted by Gasteiger charge is 2.35. The Morgan fingerprint density at radius 2 is 1.76 bits per heavy atom. The van der Waals surface area contributed by atoms with Gasteiger partial charge in [0.05, 0.1) is 0 Å². The number of ether oxygens (including phenoxy) is 1. The molecule has 0 aliphatic rings. The standard InChI is InChI=1S/C30H43N3O4S/c1-7-8-18-33(28(35)25(17-19-38-6)32-29(36)37-30(3,4)5)26(24-16-12-13-22(2)20-24)27(34)31-21-23-14-10-9-11-15-23/h9-16,20,25-26H,7-8,17-19,21H2,1-6H3,(H,31,34)(H,32,36).